The number of nitrogens with one attached hydrogen (secondary N) is 1. The molecular formula is C13H16N2. The molecule has 0 aliphatic carbocycles. The van der Waals surface area contributed by atoms with E-state index in [4.69, 9.17) is 0 Å². The van der Waals surface area contributed by atoms with E-state index in [1.54, 1.807) is 0 Å². The molecule has 1 aliphatic rings. The van der Waals surface area contributed by atoms with Gasteiger partial charge in [0.15, 0.2) is 0 Å². The molecule has 0 spiro atoms. The highest BCUT2D eigenvalue weighted by molar-refractivity contribution is 5.79. The van der Waals surface area contributed by atoms with Crippen LogP contribution < -0.4 is 5.32 Å². The van der Waals surface area contributed by atoms with Gasteiger partial charge in [-0.25, -0.2) is 0 Å². The molecule has 1 aromatic heterocycles. The Balaban J connectivity index is 1.90. The maximum Gasteiger partial charge on any atom is 0.0480 e. The molecule has 1 atom stereocenters. The average molecular weight is 200 g/mol. The number of hydrogen-bond donors (Lipinski definition) is 1. The molecule has 2 aromatic rings. The van der Waals surface area contributed by atoms with Gasteiger partial charge in [-0.2, -0.15) is 0 Å². The number of aromatic nitrogens is 1. The lowest BCUT2D eigenvalue weighted by molar-refractivity contribution is 0.519. The number of para-hydroxylation sites is 1. The van der Waals surface area contributed by atoms with E-state index in [2.05, 4.69) is 46.4 Å². The largest absolute Gasteiger partial charge is 0.346 e. The summed E-state index contributed by atoms with van der Waals surface area (Å²) in [6, 6.07) is 11.4. The summed E-state index contributed by atoms with van der Waals surface area (Å²) < 4.78 is 2.36. The molecule has 1 unspecified atom stereocenters. The van der Waals surface area contributed by atoms with E-state index in [0.717, 1.165) is 6.54 Å². The van der Waals surface area contributed by atoms with Crippen molar-refractivity contribution in [3.05, 3.63) is 36.5 Å². The van der Waals surface area contributed by atoms with Gasteiger partial charge in [0.05, 0.1) is 0 Å². The zero-order valence-corrected chi connectivity index (χ0v) is 8.82. The van der Waals surface area contributed by atoms with Gasteiger partial charge in [-0.05, 0) is 36.9 Å². The molecule has 2 heteroatoms. The minimum Gasteiger partial charge on any atom is -0.346 e. The van der Waals surface area contributed by atoms with Crippen LogP contribution in [0.25, 0.3) is 10.9 Å². The second-order valence-electron chi connectivity index (χ2n) is 4.32. The summed E-state index contributed by atoms with van der Waals surface area (Å²) in [5, 5.41) is 4.88. The van der Waals surface area contributed by atoms with Gasteiger partial charge >= 0.3 is 0 Å². The summed E-state index contributed by atoms with van der Waals surface area (Å²) in [5.74, 6) is 0. The average Bonchev–Trinajstić information content (AvgIpc) is 2.89. The molecule has 15 heavy (non-hydrogen) atoms. The van der Waals surface area contributed by atoms with Crippen molar-refractivity contribution in [2.45, 2.75) is 25.4 Å². The number of benzene rings is 1. The van der Waals surface area contributed by atoms with Crippen LogP contribution in [-0.4, -0.2) is 17.2 Å². The van der Waals surface area contributed by atoms with Crippen LogP contribution in [0.5, 0.6) is 0 Å². The molecule has 1 fully saturated rings. The third kappa shape index (κ3) is 1.65. The van der Waals surface area contributed by atoms with E-state index in [-0.39, 0.29) is 0 Å². The SMILES string of the molecule is c1ccc2c(c1)ccn2CC1CCCN1. The van der Waals surface area contributed by atoms with E-state index in [9.17, 15) is 0 Å². The summed E-state index contributed by atoms with van der Waals surface area (Å²) >= 11 is 0. The topological polar surface area (TPSA) is 17.0 Å². The van der Waals surface area contributed by atoms with Crippen molar-refractivity contribution in [2.24, 2.45) is 0 Å². The van der Waals surface area contributed by atoms with Crippen molar-refractivity contribution < 1.29 is 0 Å². The van der Waals surface area contributed by atoms with E-state index >= 15 is 0 Å². The molecule has 1 N–H and O–H groups in total. The molecule has 2 heterocycles. The van der Waals surface area contributed by atoms with Crippen LogP contribution in [0.4, 0.5) is 0 Å². The summed E-state index contributed by atoms with van der Waals surface area (Å²) in [6.07, 6.45) is 4.83. The highest BCUT2D eigenvalue weighted by Gasteiger charge is 2.14. The zero-order chi connectivity index (χ0) is 10.1. The molecule has 0 saturated carbocycles. The number of rotatable bonds is 2. The first-order valence-corrected chi connectivity index (χ1v) is 5.71. The fourth-order valence-corrected chi connectivity index (χ4v) is 2.45. The van der Waals surface area contributed by atoms with Crippen LogP contribution in [-0.2, 0) is 6.54 Å². The summed E-state index contributed by atoms with van der Waals surface area (Å²) in [7, 11) is 0. The molecule has 2 nitrogen and oxygen atoms in total. The molecule has 0 bridgehead atoms. The van der Waals surface area contributed by atoms with E-state index < -0.39 is 0 Å². The van der Waals surface area contributed by atoms with Gasteiger partial charge in [0.25, 0.3) is 0 Å². The van der Waals surface area contributed by atoms with Gasteiger partial charge in [-0.15, -0.1) is 0 Å². The van der Waals surface area contributed by atoms with Gasteiger partial charge in [0.2, 0.25) is 0 Å². The van der Waals surface area contributed by atoms with Gasteiger partial charge in [0.1, 0.15) is 0 Å². The van der Waals surface area contributed by atoms with Gasteiger partial charge < -0.3 is 9.88 Å². The Morgan fingerprint density at radius 2 is 2.20 bits per heavy atom. The highest BCUT2D eigenvalue weighted by Crippen LogP contribution is 2.17. The first kappa shape index (κ1) is 8.98. The lowest BCUT2D eigenvalue weighted by Gasteiger charge is -2.12. The van der Waals surface area contributed by atoms with Gasteiger partial charge in [-0.3, -0.25) is 0 Å². The lowest BCUT2D eigenvalue weighted by Crippen LogP contribution is -2.26. The quantitative estimate of drug-likeness (QED) is 0.787. The lowest BCUT2D eigenvalue weighted by atomic mass is 10.2. The molecule has 78 valence electrons. The summed E-state index contributed by atoms with van der Waals surface area (Å²) in [6.45, 7) is 2.29. The Hall–Kier alpha value is -1.28. The Labute approximate surface area is 89.9 Å². The first-order valence-electron chi connectivity index (χ1n) is 5.71. The van der Waals surface area contributed by atoms with Crippen LogP contribution in [0.15, 0.2) is 36.5 Å². The highest BCUT2D eigenvalue weighted by atomic mass is 15.0. The normalized spacial score (nSPS) is 21.2. The maximum absolute atomic E-state index is 3.54. The zero-order valence-electron chi connectivity index (χ0n) is 8.82. The number of nitrogens with zero attached hydrogens (tertiary/aromatic N) is 1. The predicted octanol–water partition coefficient (Wildman–Crippen LogP) is 2.39. The van der Waals surface area contributed by atoms with Crippen LogP contribution in [0.1, 0.15) is 12.8 Å². The maximum atomic E-state index is 3.54. The molecule has 0 radical (unpaired) electrons. The van der Waals surface area contributed by atoms with E-state index in [1.165, 1.54) is 30.3 Å². The van der Waals surface area contributed by atoms with Crippen molar-refractivity contribution in [1.29, 1.82) is 0 Å². The van der Waals surface area contributed by atoms with Crippen molar-refractivity contribution >= 4 is 10.9 Å². The molecule has 1 aliphatic heterocycles. The molecule has 3 rings (SSSR count). The number of fused-ring (bicyclic) bond motifs is 1. The van der Waals surface area contributed by atoms with E-state index in [0.29, 0.717) is 6.04 Å². The first-order chi connectivity index (χ1) is 7.43. The number of hydrogen-bond acceptors (Lipinski definition) is 1. The summed E-state index contributed by atoms with van der Waals surface area (Å²) in [5.41, 5.74) is 1.35. The van der Waals surface area contributed by atoms with Gasteiger partial charge in [-0.1, -0.05) is 18.2 Å². The predicted molar refractivity (Wildman–Crippen MR) is 63.0 cm³/mol. The fourth-order valence-electron chi connectivity index (χ4n) is 2.45. The third-order valence-corrected chi connectivity index (χ3v) is 3.26. The third-order valence-electron chi connectivity index (χ3n) is 3.26. The Morgan fingerprint density at radius 1 is 1.27 bits per heavy atom. The minimum atomic E-state index is 0.667. The molecule has 1 saturated heterocycles. The minimum absolute atomic E-state index is 0.667. The van der Waals surface area contributed by atoms with Crippen LogP contribution in [0.3, 0.4) is 0 Å². The van der Waals surface area contributed by atoms with E-state index in [1.807, 2.05) is 0 Å². The monoisotopic (exact) mass is 200 g/mol. The van der Waals surface area contributed by atoms with Crippen molar-refractivity contribution in [2.75, 3.05) is 6.54 Å². The van der Waals surface area contributed by atoms with Crippen molar-refractivity contribution in [1.82, 2.24) is 9.88 Å². The fraction of sp³-hybridized carbons (Fsp3) is 0.385. The second-order valence-corrected chi connectivity index (χ2v) is 4.32. The van der Waals surface area contributed by atoms with Crippen molar-refractivity contribution in [3.63, 3.8) is 0 Å². The Kier molecular flexibility index (Phi) is 2.22. The Morgan fingerprint density at radius 3 is 3.07 bits per heavy atom. The van der Waals surface area contributed by atoms with Crippen LogP contribution >= 0.6 is 0 Å². The van der Waals surface area contributed by atoms with Crippen LogP contribution in [0, 0.1) is 0 Å². The van der Waals surface area contributed by atoms with Crippen LogP contribution in [0.2, 0.25) is 0 Å². The second kappa shape index (κ2) is 3.70. The molecule has 1 aromatic carbocycles. The molecule has 0 amide bonds. The smallest absolute Gasteiger partial charge is 0.0480 e. The standard InChI is InChI=1S/C13H16N2/c1-2-6-13-11(4-1)7-9-15(13)10-12-5-3-8-14-12/h1-2,4,6-7,9,12,14H,3,5,8,10H2. The Bertz CT molecular complexity index is 452. The van der Waals surface area contributed by atoms with Gasteiger partial charge in [0, 0.05) is 24.3 Å². The molecular weight excluding hydrogens is 184 g/mol. The summed E-state index contributed by atoms with van der Waals surface area (Å²) in [4.78, 5) is 0. The van der Waals surface area contributed by atoms with Crippen molar-refractivity contribution in [3.8, 4) is 0 Å².